The van der Waals surface area contributed by atoms with Crippen LogP contribution in [0.25, 0.3) is 10.9 Å². The Hall–Kier alpha value is -6.18. The summed E-state index contributed by atoms with van der Waals surface area (Å²) in [5.41, 5.74) is 0.220. The van der Waals surface area contributed by atoms with Crippen LogP contribution in [0.1, 0.15) is 45.6 Å². The van der Waals surface area contributed by atoms with Gasteiger partial charge in [-0.2, -0.15) is 0 Å². The van der Waals surface area contributed by atoms with Gasteiger partial charge in [0.25, 0.3) is 0 Å². The number of nitrogens with zero attached hydrogens (tertiary/aromatic N) is 1. The third-order valence-corrected chi connectivity index (χ3v) is 12.9. The Kier molecular flexibility index (Phi) is 16.0. The van der Waals surface area contributed by atoms with E-state index in [1.165, 1.54) is 25.1 Å². The molecule has 11 atom stereocenters. The van der Waals surface area contributed by atoms with Gasteiger partial charge in [-0.25, -0.2) is 0 Å². The number of nitrogens with one attached hydrogen (secondary N) is 8. The molecule has 1 aromatic carbocycles. The molecule has 0 aliphatic carbocycles. The number of carbonyl (C=O) groups is 9. The number of aliphatic hydroxyl groups is 3. The second kappa shape index (κ2) is 21.0. The summed E-state index contributed by atoms with van der Waals surface area (Å²) in [7, 11) is -2.41. The van der Waals surface area contributed by atoms with E-state index in [0.717, 1.165) is 4.90 Å². The van der Waals surface area contributed by atoms with Crippen molar-refractivity contribution in [3.05, 3.63) is 23.8 Å². The first-order valence-corrected chi connectivity index (χ1v) is 21.8. The smallest absolute Gasteiger partial charge is 0.305 e. The van der Waals surface area contributed by atoms with Crippen molar-refractivity contribution in [2.45, 2.75) is 99.9 Å². The highest BCUT2D eigenvalue weighted by molar-refractivity contribution is 7.85. The normalized spacial score (nSPS) is 28.5. The Morgan fingerprint density at radius 3 is 2.19 bits per heavy atom. The highest BCUT2D eigenvalue weighted by atomic mass is 32.2. The molecule has 5 rings (SSSR count). The van der Waals surface area contributed by atoms with E-state index in [2.05, 4.69) is 42.2 Å². The zero-order valence-corrected chi connectivity index (χ0v) is 35.9. The average molecular weight is 920 g/mol. The van der Waals surface area contributed by atoms with Crippen molar-refractivity contribution in [1.29, 1.82) is 0 Å². The number of hydrogen-bond donors (Lipinski definition) is 13. The van der Waals surface area contributed by atoms with Crippen LogP contribution in [-0.4, -0.2) is 173 Å². The molecule has 350 valence electrons. The fourth-order valence-corrected chi connectivity index (χ4v) is 9.07. The zero-order chi connectivity index (χ0) is 47.2. The van der Waals surface area contributed by atoms with E-state index in [-0.39, 0.29) is 27.2 Å². The number of carboxylic acids is 1. The highest BCUT2D eigenvalue weighted by Crippen LogP contribution is 2.30. The van der Waals surface area contributed by atoms with Crippen molar-refractivity contribution >= 4 is 74.9 Å². The number of rotatable bonds is 7. The first-order valence-electron chi connectivity index (χ1n) is 20.5. The van der Waals surface area contributed by atoms with E-state index in [1.54, 1.807) is 13.8 Å². The number of hydrogen-bond acceptors (Lipinski definition) is 14. The van der Waals surface area contributed by atoms with Crippen LogP contribution in [0.4, 0.5) is 0 Å². The molecule has 25 heteroatoms. The van der Waals surface area contributed by atoms with Crippen LogP contribution in [0.3, 0.4) is 0 Å². The van der Waals surface area contributed by atoms with Crippen LogP contribution in [0.15, 0.2) is 23.2 Å². The van der Waals surface area contributed by atoms with Crippen molar-refractivity contribution in [3.8, 4) is 5.75 Å². The minimum atomic E-state index is -2.41. The monoisotopic (exact) mass is 919 g/mol. The Morgan fingerprint density at radius 1 is 0.859 bits per heavy atom. The summed E-state index contributed by atoms with van der Waals surface area (Å²) < 4.78 is 14.5. The summed E-state index contributed by atoms with van der Waals surface area (Å²) in [6.45, 7) is 1.64. The van der Waals surface area contributed by atoms with Crippen LogP contribution in [0.5, 0.6) is 5.75 Å². The number of benzene rings is 1. The maximum atomic E-state index is 14.5. The van der Waals surface area contributed by atoms with E-state index in [4.69, 9.17) is 0 Å². The van der Waals surface area contributed by atoms with Gasteiger partial charge in [0.1, 0.15) is 47.0 Å². The lowest BCUT2D eigenvalue weighted by atomic mass is 9.93. The van der Waals surface area contributed by atoms with Crippen molar-refractivity contribution < 1.29 is 72.9 Å². The predicted molar refractivity (Wildman–Crippen MR) is 221 cm³/mol. The maximum absolute atomic E-state index is 14.5. The predicted octanol–water partition coefficient (Wildman–Crippen LogP) is -5.32. The fraction of sp³-hybridized carbons (Fsp3) is 0.564. The Labute approximate surface area is 367 Å². The van der Waals surface area contributed by atoms with Crippen LogP contribution < -0.4 is 37.2 Å². The molecule has 2 aromatic rings. The third kappa shape index (κ3) is 11.5. The van der Waals surface area contributed by atoms with Crippen molar-refractivity contribution in [1.82, 2.24) is 47.1 Å². The van der Waals surface area contributed by atoms with Gasteiger partial charge in [-0.1, -0.05) is 27.2 Å². The lowest BCUT2D eigenvalue weighted by Crippen LogP contribution is -2.62. The summed E-state index contributed by atoms with van der Waals surface area (Å²) in [6.07, 6.45) is -4.74. The lowest BCUT2D eigenvalue weighted by Gasteiger charge is -2.32. The quantitative estimate of drug-likeness (QED) is 0.123. The van der Waals surface area contributed by atoms with E-state index < -0.39 is 176 Å². The van der Waals surface area contributed by atoms with Crippen molar-refractivity contribution in [2.75, 3.05) is 32.0 Å². The summed E-state index contributed by atoms with van der Waals surface area (Å²) >= 11 is 0. The van der Waals surface area contributed by atoms with Gasteiger partial charge in [0.05, 0.1) is 60.4 Å². The van der Waals surface area contributed by atoms with Gasteiger partial charge in [0.15, 0.2) is 0 Å². The first kappa shape index (κ1) is 48.8. The largest absolute Gasteiger partial charge is 0.508 e. The molecule has 8 amide bonds. The number of aliphatic carboxylic acids is 1. The first-order chi connectivity index (χ1) is 30.2. The SMILES string of the molecule is CC[C@H](C)[C@@H]1NC(=O)CNC(=O)[C@H]2Cc3c([nH]c4cc(O)ccc34)[S@](=O)C[C@@H](NC(=O)CNC1=O)C(=O)N[C@H](CC(=O)O)C(=O)N1C[C@H](O)C[C@@H]1C(=O)N[C@H]([C@@H](C)[C@H](O)CO)C(=O)N2. The van der Waals surface area contributed by atoms with Crippen molar-refractivity contribution in [2.24, 2.45) is 11.8 Å². The number of aromatic hydroxyl groups is 1. The zero-order valence-electron chi connectivity index (χ0n) is 35.0. The van der Waals surface area contributed by atoms with Gasteiger partial charge in [0.2, 0.25) is 47.3 Å². The topological polar surface area (TPSA) is 375 Å². The minimum Gasteiger partial charge on any atom is -0.508 e. The molecule has 3 aliphatic heterocycles. The molecular weight excluding hydrogens is 867 g/mol. The van der Waals surface area contributed by atoms with Gasteiger partial charge in [-0.05, 0) is 23.6 Å². The molecule has 1 saturated heterocycles. The molecule has 13 N–H and O–H groups in total. The number of carbonyl (C=O) groups excluding carboxylic acids is 8. The molecule has 0 radical (unpaired) electrons. The summed E-state index contributed by atoms with van der Waals surface area (Å²) in [5.74, 6) is -12.9. The number of amides is 8. The Bertz CT molecular complexity index is 2200. The Morgan fingerprint density at radius 2 is 1.53 bits per heavy atom. The van der Waals surface area contributed by atoms with Gasteiger partial charge in [-0.15, -0.1) is 0 Å². The lowest BCUT2D eigenvalue weighted by molar-refractivity contribution is -0.146. The summed E-state index contributed by atoms with van der Waals surface area (Å²) in [4.78, 5) is 127. The van der Waals surface area contributed by atoms with E-state index in [1.807, 2.05) is 0 Å². The Balaban J connectivity index is 1.73. The molecule has 24 nitrogen and oxygen atoms in total. The fourth-order valence-electron chi connectivity index (χ4n) is 7.67. The number of aliphatic hydroxyl groups excluding tert-OH is 3. The summed E-state index contributed by atoms with van der Waals surface area (Å²) in [5, 5.41) is 68.3. The third-order valence-electron chi connectivity index (χ3n) is 11.5. The molecule has 0 saturated carbocycles. The molecular formula is C39H53N9O15S. The molecule has 2 bridgehead atoms. The highest BCUT2D eigenvalue weighted by Gasteiger charge is 2.45. The van der Waals surface area contributed by atoms with Crippen LogP contribution in [-0.2, 0) is 60.4 Å². The van der Waals surface area contributed by atoms with Crippen LogP contribution in [0, 0.1) is 11.8 Å². The standard InChI is InChI=1S/C39H53N9O15S/c1-4-16(2)31-36(60)41-11-28(53)42-25-15-64(63)38-21(20-6-5-18(50)7-22(20)45-38)9-23(33(57)40-12-29(54)46-31)43-37(61)32(17(3)27(52)14-49)47-35(59)26-8-19(51)13-48(26)39(62)24(10-30(55)56)44-34(25)58/h5-7,16-17,19,23-27,31-32,45,49-52H,4,8-15H2,1-3H3,(H,40,57)(H,41,60)(H,42,53)(H,43,61)(H,44,58)(H,46,54)(H,47,59)(H,55,56)/t16-,17-,19+,23+,24+,25+,26+,27+,31-,32+,64+/m0/s1. The van der Waals surface area contributed by atoms with E-state index in [0.29, 0.717) is 6.42 Å². The molecule has 4 heterocycles. The van der Waals surface area contributed by atoms with E-state index >= 15 is 0 Å². The second-order valence-electron chi connectivity index (χ2n) is 16.1. The van der Waals surface area contributed by atoms with Gasteiger partial charge in [0, 0.05) is 36.8 Å². The number of fused-ring (bicyclic) bond motifs is 5. The van der Waals surface area contributed by atoms with Gasteiger partial charge >= 0.3 is 5.97 Å². The minimum absolute atomic E-state index is 0.0635. The number of aromatic amines is 1. The molecule has 0 spiro atoms. The molecule has 0 unspecified atom stereocenters. The maximum Gasteiger partial charge on any atom is 0.305 e. The molecule has 1 aromatic heterocycles. The van der Waals surface area contributed by atoms with E-state index in [9.17, 15) is 72.9 Å². The van der Waals surface area contributed by atoms with Crippen LogP contribution >= 0.6 is 0 Å². The summed E-state index contributed by atoms with van der Waals surface area (Å²) in [6, 6.07) is -6.28. The van der Waals surface area contributed by atoms with Crippen molar-refractivity contribution in [3.63, 3.8) is 0 Å². The van der Waals surface area contributed by atoms with Gasteiger partial charge in [-0.3, -0.25) is 47.4 Å². The molecule has 3 aliphatic rings. The number of phenols is 1. The molecule has 64 heavy (non-hydrogen) atoms. The van der Waals surface area contributed by atoms with Crippen LogP contribution in [0.2, 0.25) is 0 Å². The molecule has 1 fully saturated rings. The average Bonchev–Trinajstić information content (AvgIpc) is 3.82. The second-order valence-corrected chi connectivity index (χ2v) is 17.5. The number of carboxylic acid groups (broad SMARTS) is 1. The number of aromatic nitrogens is 1. The van der Waals surface area contributed by atoms with Gasteiger partial charge < -0.3 is 72.6 Å². The number of H-pyrrole nitrogens is 1. The number of phenolic OH excluding ortho intramolecular Hbond substituents is 1.